The van der Waals surface area contributed by atoms with Crippen molar-refractivity contribution < 1.29 is 9.84 Å². The number of hydrogen-bond donors (Lipinski definition) is 3. The summed E-state index contributed by atoms with van der Waals surface area (Å²) < 4.78 is 9.34. The monoisotopic (exact) mass is 259 g/mol. The molecule has 1 aliphatic heterocycles. The Morgan fingerprint density at radius 2 is 2.53 bits per heavy atom. The molecule has 1 aliphatic rings. The molecule has 1 aromatic rings. The zero-order valence-electron chi connectivity index (χ0n) is 9.67. The summed E-state index contributed by atoms with van der Waals surface area (Å²) in [5.41, 5.74) is 3.43. The molecule has 0 aromatic carbocycles. The fourth-order valence-electron chi connectivity index (χ4n) is 1.82. The van der Waals surface area contributed by atoms with Crippen LogP contribution in [0.25, 0.3) is 0 Å². The van der Waals surface area contributed by atoms with Gasteiger partial charge >= 0.3 is 0 Å². The fourth-order valence-corrected chi connectivity index (χ4v) is 2.30. The summed E-state index contributed by atoms with van der Waals surface area (Å²) in [6.07, 6.45) is -0.118. The molecule has 0 aliphatic carbocycles. The van der Waals surface area contributed by atoms with E-state index >= 15 is 0 Å². The summed E-state index contributed by atoms with van der Waals surface area (Å²) in [5.74, 6) is 5.39. The molecule has 1 aromatic heterocycles. The number of ether oxygens (including phenoxy) is 1. The molecule has 96 valence electrons. The lowest BCUT2D eigenvalue weighted by molar-refractivity contribution is -0.0808. The van der Waals surface area contributed by atoms with Crippen LogP contribution in [0.4, 0.5) is 5.00 Å². The second-order valence-corrected chi connectivity index (χ2v) is 4.86. The van der Waals surface area contributed by atoms with E-state index in [1.807, 2.05) is 0 Å². The zero-order valence-corrected chi connectivity index (χ0v) is 10.5. The number of hydrazine groups is 1. The van der Waals surface area contributed by atoms with Crippen molar-refractivity contribution in [3.63, 3.8) is 0 Å². The Balaban J connectivity index is 2.01. The van der Waals surface area contributed by atoms with Crippen LogP contribution >= 0.6 is 11.5 Å². The number of hydrogen-bond acceptors (Lipinski definition) is 8. The highest BCUT2D eigenvalue weighted by Gasteiger charge is 2.26. The first-order valence-electron chi connectivity index (χ1n) is 5.49. The molecule has 0 bridgehead atoms. The third-order valence-electron chi connectivity index (χ3n) is 2.88. The van der Waals surface area contributed by atoms with Crippen LogP contribution in [0.2, 0.25) is 0 Å². The zero-order chi connectivity index (χ0) is 12.3. The smallest absolute Gasteiger partial charge is 0.148 e. The van der Waals surface area contributed by atoms with Crippen molar-refractivity contribution in [1.29, 1.82) is 0 Å². The third-order valence-corrected chi connectivity index (χ3v) is 3.58. The lowest BCUT2D eigenvalue weighted by Gasteiger charge is -2.36. The van der Waals surface area contributed by atoms with Gasteiger partial charge in [0.25, 0.3) is 0 Å². The molecule has 7 nitrogen and oxygen atoms in total. The summed E-state index contributed by atoms with van der Waals surface area (Å²) in [5, 5.41) is 13.9. The Labute approximate surface area is 104 Å². The maximum atomic E-state index is 9.11. The van der Waals surface area contributed by atoms with Gasteiger partial charge in [0.2, 0.25) is 0 Å². The Morgan fingerprint density at radius 1 is 1.71 bits per heavy atom. The van der Waals surface area contributed by atoms with Crippen LogP contribution in [-0.2, 0) is 11.3 Å². The molecule has 0 saturated carbocycles. The molecule has 1 fully saturated rings. The van der Waals surface area contributed by atoms with Gasteiger partial charge in [0.05, 0.1) is 19.3 Å². The third kappa shape index (κ3) is 2.90. The normalized spacial score (nSPS) is 26.1. The number of morpholine rings is 1. The average Bonchev–Trinajstić information content (AvgIpc) is 2.79. The number of aromatic nitrogens is 2. The van der Waals surface area contributed by atoms with E-state index in [0.717, 1.165) is 10.7 Å². The average molecular weight is 259 g/mol. The number of nitrogens with one attached hydrogen (secondary N) is 1. The van der Waals surface area contributed by atoms with Gasteiger partial charge < -0.3 is 15.3 Å². The summed E-state index contributed by atoms with van der Waals surface area (Å²) in [6.45, 7) is 4.11. The van der Waals surface area contributed by atoms with Crippen molar-refractivity contribution >= 4 is 16.5 Å². The van der Waals surface area contributed by atoms with Gasteiger partial charge in [-0.05, 0) is 6.92 Å². The van der Waals surface area contributed by atoms with Gasteiger partial charge in [0, 0.05) is 30.7 Å². The van der Waals surface area contributed by atoms with Crippen LogP contribution in [-0.4, -0.2) is 51.5 Å². The second-order valence-electron chi connectivity index (χ2n) is 4.11. The van der Waals surface area contributed by atoms with Gasteiger partial charge in [-0.25, -0.2) is 5.84 Å². The Kier molecular flexibility index (Phi) is 4.24. The number of aliphatic hydroxyl groups is 1. The van der Waals surface area contributed by atoms with E-state index < -0.39 is 0 Å². The molecule has 0 spiro atoms. The molecule has 1 saturated heterocycles. The van der Waals surface area contributed by atoms with Crippen LogP contribution < -0.4 is 11.3 Å². The van der Waals surface area contributed by atoms with Crippen molar-refractivity contribution in [3.05, 3.63) is 5.69 Å². The predicted octanol–water partition coefficient (Wildman–Crippen LogP) is -0.595. The summed E-state index contributed by atoms with van der Waals surface area (Å²) in [4.78, 5) is 2.21. The highest BCUT2D eigenvalue weighted by Crippen LogP contribution is 2.21. The molecule has 8 heteroatoms. The van der Waals surface area contributed by atoms with Crippen LogP contribution in [0, 0.1) is 0 Å². The summed E-state index contributed by atoms with van der Waals surface area (Å²) in [6, 6.07) is 0.296. The maximum absolute atomic E-state index is 9.11. The first-order valence-corrected chi connectivity index (χ1v) is 6.26. The molecule has 17 heavy (non-hydrogen) atoms. The Bertz CT molecular complexity index is 361. The SMILES string of the molecule is CC1COC(CO)CN1Cc1nnsc1NN. The van der Waals surface area contributed by atoms with Gasteiger partial charge in [0.15, 0.2) is 0 Å². The molecular weight excluding hydrogens is 242 g/mol. The first kappa shape index (κ1) is 12.7. The van der Waals surface area contributed by atoms with Gasteiger partial charge in [-0.1, -0.05) is 4.49 Å². The topological polar surface area (TPSA) is 96.5 Å². The highest BCUT2D eigenvalue weighted by atomic mass is 32.1. The van der Waals surface area contributed by atoms with Gasteiger partial charge in [-0.15, -0.1) is 5.10 Å². The van der Waals surface area contributed by atoms with Crippen LogP contribution in [0.5, 0.6) is 0 Å². The molecular formula is C9H17N5O2S. The van der Waals surface area contributed by atoms with Gasteiger partial charge in [0.1, 0.15) is 10.7 Å². The molecule has 0 radical (unpaired) electrons. The van der Waals surface area contributed by atoms with E-state index in [2.05, 4.69) is 26.8 Å². The van der Waals surface area contributed by atoms with E-state index in [-0.39, 0.29) is 12.7 Å². The Morgan fingerprint density at radius 3 is 3.24 bits per heavy atom. The minimum absolute atomic E-state index is 0.0422. The first-order chi connectivity index (χ1) is 8.24. The maximum Gasteiger partial charge on any atom is 0.148 e. The number of rotatable bonds is 4. The molecule has 2 heterocycles. The lowest BCUT2D eigenvalue weighted by Crippen LogP contribution is -2.49. The number of nitrogens with zero attached hydrogens (tertiary/aromatic N) is 3. The number of anilines is 1. The quantitative estimate of drug-likeness (QED) is 0.491. The van der Waals surface area contributed by atoms with Gasteiger partial charge in [-0.2, -0.15) is 0 Å². The minimum Gasteiger partial charge on any atom is -0.394 e. The van der Waals surface area contributed by atoms with Crippen molar-refractivity contribution in [3.8, 4) is 0 Å². The fraction of sp³-hybridized carbons (Fsp3) is 0.778. The number of nitrogens with two attached hydrogens (primary N) is 1. The van der Waals surface area contributed by atoms with Crippen molar-refractivity contribution in [1.82, 2.24) is 14.5 Å². The summed E-state index contributed by atoms with van der Waals surface area (Å²) in [7, 11) is 0. The van der Waals surface area contributed by atoms with E-state index in [1.165, 1.54) is 11.5 Å². The molecule has 4 N–H and O–H groups in total. The lowest BCUT2D eigenvalue weighted by atomic mass is 10.2. The number of aliphatic hydroxyl groups excluding tert-OH is 1. The van der Waals surface area contributed by atoms with Crippen molar-refractivity contribution in [2.45, 2.75) is 25.6 Å². The number of nitrogen functional groups attached to an aromatic ring is 1. The summed E-state index contributed by atoms with van der Waals surface area (Å²) >= 11 is 1.24. The molecule has 2 atom stereocenters. The molecule has 2 rings (SSSR count). The largest absolute Gasteiger partial charge is 0.394 e. The Hall–Kier alpha value is -0.800. The molecule has 0 amide bonds. The van der Waals surface area contributed by atoms with Crippen molar-refractivity contribution in [2.24, 2.45) is 5.84 Å². The van der Waals surface area contributed by atoms with Crippen LogP contribution in [0.3, 0.4) is 0 Å². The van der Waals surface area contributed by atoms with Crippen LogP contribution in [0.15, 0.2) is 0 Å². The predicted molar refractivity (Wildman–Crippen MR) is 64.4 cm³/mol. The van der Waals surface area contributed by atoms with E-state index in [4.69, 9.17) is 15.7 Å². The van der Waals surface area contributed by atoms with Gasteiger partial charge in [-0.3, -0.25) is 4.90 Å². The van der Waals surface area contributed by atoms with E-state index in [1.54, 1.807) is 0 Å². The van der Waals surface area contributed by atoms with Crippen molar-refractivity contribution in [2.75, 3.05) is 25.2 Å². The van der Waals surface area contributed by atoms with E-state index in [0.29, 0.717) is 25.7 Å². The van der Waals surface area contributed by atoms with Crippen LogP contribution in [0.1, 0.15) is 12.6 Å². The van der Waals surface area contributed by atoms with E-state index in [9.17, 15) is 0 Å². The molecule has 2 unspecified atom stereocenters. The highest BCUT2D eigenvalue weighted by molar-refractivity contribution is 7.10. The standard InChI is InChI=1S/C9H17N5O2S/c1-6-5-16-7(4-15)2-14(6)3-8-9(11-10)17-13-12-8/h6-7,11,15H,2-5,10H2,1H3. The second kappa shape index (κ2) is 5.69. The minimum atomic E-state index is -0.118.